The maximum absolute atomic E-state index is 13.2. The molecule has 318 valence electrons. The lowest BCUT2D eigenvalue weighted by Gasteiger charge is -2.40. The first-order valence-corrected chi connectivity index (χ1v) is 24.5. The molecule has 7 N–H and O–H groups in total. The van der Waals surface area contributed by atoms with Crippen LogP contribution in [0, 0.1) is 5.92 Å². The maximum Gasteiger partial charge on any atom is 0.412 e. The van der Waals surface area contributed by atoms with Gasteiger partial charge in [0, 0.05) is 48.1 Å². The van der Waals surface area contributed by atoms with Crippen molar-refractivity contribution in [2.24, 2.45) is 11.7 Å². The van der Waals surface area contributed by atoms with Gasteiger partial charge in [0.05, 0.1) is 17.3 Å². The van der Waals surface area contributed by atoms with Gasteiger partial charge in [0.2, 0.25) is 11.5 Å². The molecule has 1 heterocycles. The van der Waals surface area contributed by atoms with Gasteiger partial charge in [-0.3, -0.25) is 14.5 Å². The summed E-state index contributed by atoms with van der Waals surface area (Å²) in [6.45, 7) is 12.6. The second kappa shape index (κ2) is 19.3. The number of nitrogens with one attached hydrogen (secondary N) is 3. The normalized spacial score (nSPS) is 20.6. The predicted octanol–water partition coefficient (Wildman–Crippen LogP) is 9.01. The van der Waals surface area contributed by atoms with Gasteiger partial charge >= 0.3 is 6.09 Å². The van der Waals surface area contributed by atoms with Gasteiger partial charge in [-0.05, 0) is 130 Å². The number of carbonyl (C=O) groups is 2. The van der Waals surface area contributed by atoms with E-state index in [0.29, 0.717) is 42.9 Å². The van der Waals surface area contributed by atoms with Crippen LogP contribution < -0.4 is 26.8 Å². The predicted molar refractivity (Wildman–Crippen MR) is 240 cm³/mol. The van der Waals surface area contributed by atoms with Crippen LogP contribution in [-0.4, -0.2) is 66.7 Å². The van der Waals surface area contributed by atoms with E-state index in [2.05, 4.69) is 55.5 Å². The molecule has 1 atom stereocenters. The number of nitrogens with two attached hydrogens (primary N) is 1. The van der Waals surface area contributed by atoms with E-state index in [-0.39, 0.29) is 46.5 Å². The first-order chi connectivity index (χ1) is 28.1. The van der Waals surface area contributed by atoms with Crippen LogP contribution in [0.1, 0.15) is 102 Å². The fourth-order valence-corrected chi connectivity index (χ4v) is 9.85. The molecule has 0 aliphatic heterocycles. The van der Waals surface area contributed by atoms with Gasteiger partial charge in [0.25, 0.3) is 0 Å². The minimum atomic E-state index is -2.18. The van der Waals surface area contributed by atoms with E-state index in [0.717, 1.165) is 85.6 Å². The second-order valence-corrected chi connectivity index (χ2v) is 23.1. The van der Waals surface area contributed by atoms with E-state index in [4.69, 9.17) is 10.2 Å². The SMILES string of the molecule is CC(C)(C)[Si](C)(C)O[C@@H](CNC[C@H]1CC[C@H](NC(=O)CCCc2ccc(-c3ccccc3)c(N(C(=O)O)[C@H]3CC[C@H](N)CC3)c2)CC1)c1ccc(O)c2[nH]c(=O)ccc12. The number of aromatic hydroxyl groups is 1. The topological polar surface area (TPSA) is 170 Å². The summed E-state index contributed by atoms with van der Waals surface area (Å²) in [7, 11) is -2.18. The molecule has 12 heteroatoms. The van der Waals surface area contributed by atoms with Gasteiger partial charge in [-0.25, -0.2) is 4.79 Å². The molecule has 6 rings (SSSR count). The van der Waals surface area contributed by atoms with Gasteiger partial charge in [-0.2, -0.15) is 0 Å². The number of amides is 2. The largest absolute Gasteiger partial charge is 0.506 e. The van der Waals surface area contributed by atoms with E-state index in [9.17, 15) is 24.6 Å². The highest BCUT2D eigenvalue weighted by atomic mass is 28.4. The number of rotatable bonds is 15. The van der Waals surface area contributed by atoms with Crippen LogP contribution in [0.5, 0.6) is 5.75 Å². The molecule has 0 unspecified atom stereocenters. The lowest BCUT2D eigenvalue weighted by Crippen LogP contribution is -2.44. The summed E-state index contributed by atoms with van der Waals surface area (Å²) in [6.07, 6.45) is 7.52. The van der Waals surface area contributed by atoms with Gasteiger partial charge in [-0.1, -0.05) is 69.3 Å². The molecule has 4 aromatic rings. The summed E-state index contributed by atoms with van der Waals surface area (Å²) in [5.74, 6) is 0.581. The van der Waals surface area contributed by atoms with Crippen molar-refractivity contribution in [3.8, 4) is 16.9 Å². The Morgan fingerprint density at radius 2 is 1.66 bits per heavy atom. The van der Waals surface area contributed by atoms with Crippen LogP contribution in [0.4, 0.5) is 10.5 Å². The van der Waals surface area contributed by atoms with Gasteiger partial charge in [0.1, 0.15) is 5.75 Å². The number of pyridine rings is 1. The molecule has 0 spiro atoms. The third kappa shape index (κ3) is 11.2. The lowest BCUT2D eigenvalue weighted by atomic mass is 9.86. The van der Waals surface area contributed by atoms with Crippen molar-refractivity contribution in [3.63, 3.8) is 0 Å². The number of phenols is 1. The molecule has 11 nitrogen and oxygen atoms in total. The number of aromatic nitrogens is 1. The Morgan fingerprint density at radius 3 is 2.34 bits per heavy atom. The van der Waals surface area contributed by atoms with Crippen LogP contribution in [0.15, 0.2) is 77.6 Å². The number of benzene rings is 3. The molecule has 59 heavy (non-hydrogen) atoms. The van der Waals surface area contributed by atoms with Crippen molar-refractivity contribution >= 4 is 36.9 Å². The van der Waals surface area contributed by atoms with Crippen LogP contribution in [0.3, 0.4) is 0 Å². The molecule has 0 bridgehead atoms. The molecular weight excluding hydrogens is 759 g/mol. The summed E-state index contributed by atoms with van der Waals surface area (Å²) in [5, 5.41) is 28.8. The summed E-state index contributed by atoms with van der Waals surface area (Å²) in [5.41, 5.74) is 10.9. The number of carbonyl (C=O) groups excluding carboxylic acids is 1. The first kappa shape index (κ1) is 44.1. The highest BCUT2D eigenvalue weighted by Gasteiger charge is 2.40. The number of hydrogen-bond acceptors (Lipinski definition) is 7. The molecule has 2 aliphatic rings. The number of carboxylic acid groups (broad SMARTS) is 1. The van der Waals surface area contributed by atoms with Crippen LogP contribution in [0.25, 0.3) is 22.0 Å². The zero-order valence-electron chi connectivity index (χ0n) is 35.6. The van der Waals surface area contributed by atoms with Crippen molar-refractivity contribution in [2.45, 2.75) is 134 Å². The van der Waals surface area contributed by atoms with E-state index < -0.39 is 14.4 Å². The Hall–Kier alpha value is -4.49. The monoisotopic (exact) mass is 823 g/mol. The Morgan fingerprint density at radius 1 is 0.949 bits per heavy atom. The summed E-state index contributed by atoms with van der Waals surface area (Å²) in [4.78, 5) is 42.4. The number of anilines is 1. The van der Waals surface area contributed by atoms with E-state index in [1.165, 1.54) is 6.07 Å². The fraction of sp³-hybridized carbons (Fsp3) is 0.511. The van der Waals surface area contributed by atoms with Crippen molar-refractivity contribution in [1.29, 1.82) is 0 Å². The first-order valence-electron chi connectivity index (χ1n) is 21.6. The Balaban J connectivity index is 1.01. The molecular formula is C47H65N5O6Si. The molecule has 0 saturated heterocycles. The zero-order chi connectivity index (χ0) is 42.3. The minimum absolute atomic E-state index is 0.000692. The average molecular weight is 824 g/mol. The number of aromatic amines is 1. The number of hydrogen-bond donors (Lipinski definition) is 6. The maximum atomic E-state index is 13.2. The second-order valence-electron chi connectivity index (χ2n) is 18.4. The van der Waals surface area contributed by atoms with E-state index >= 15 is 0 Å². The molecule has 2 fully saturated rings. The number of H-pyrrole nitrogens is 1. The summed E-state index contributed by atoms with van der Waals surface area (Å²) in [6, 6.07) is 23.0. The molecule has 2 aliphatic carbocycles. The van der Waals surface area contributed by atoms with Crippen molar-refractivity contribution < 1.29 is 24.2 Å². The number of aryl methyl sites for hydroxylation is 1. The Kier molecular flexibility index (Phi) is 14.4. The smallest absolute Gasteiger partial charge is 0.412 e. The van der Waals surface area contributed by atoms with Crippen LogP contribution in [-0.2, 0) is 15.6 Å². The Labute approximate surface area is 350 Å². The number of fused-ring (bicyclic) bond motifs is 1. The molecule has 3 aromatic carbocycles. The standard InChI is InChI=1S/C47H65N5O6Si/c1-47(2,3)59(4,5)58-42(38-24-26-41(53)45-39(38)25-27-44(55)51-45)30-49-29-32-14-19-35(20-15-32)50-43(54)13-9-10-31-16-23-37(33-11-7-6-8-12-33)40(28-31)52(46(56)57)36-21-17-34(48)18-22-36/h6-8,11-12,16,23-28,32,34-36,42,49,53H,9-10,13-15,17-22,29-30,48H2,1-5H3,(H,50,54)(H,51,55)(H,56,57)/t32-,34-,35-,36-,42-/m0/s1. The van der Waals surface area contributed by atoms with Crippen LogP contribution >= 0.6 is 0 Å². The van der Waals surface area contributed by atoms with Crippen molar-refractivity contribution in [3.05, 3.63) is 94.3 Å². The van der Waals surface area contributed by atoms with Crippen molar-refractivity contribution in [2.75, 3.05) is 18.0 Å². The molecule has 0 radical (unpaired) electrons. The van der Waals surface area contributed by atoms with Crippen LogP contribution in [0.2, 0.25) is 18.1 Å². The van der Waals surface area contributed by atoms with E-state index in [1.807, 2.05) is 48.5 Å². The lowest BCUT2D eigenvalue weighted by molar-refractivity contribution is -0.122. The zero-order valence-corrected chi connectivity index (χ0v) is 36.6. The minimum Gasteiger partial charge on any atom is -0.506 e. The average Bonchev–Trinajstić information content (AvgIpc) is 3.19. The Bertz CT molecular complexity index is 2100. The molecule has 2 amide bonds. The third-order valence-corrected chi connectivity index (χ3v) is 17.5. The number of phenolic OH excluding ortho intramolecular Hbond substituents is 1. The van der Waals surface area contributed by atoms with Gasteiger partial charge < -0.3 is 36.0 Å². The van der Waals surface area contributed by atoms with E-state index in [1.54, 1.807) is 17.0 Å². The van der Waals surface area contributed by atoms with Crippen molar-refractivity contribution in [1.82, 2.24) is 15.6 Å². The summed E-state index contributed by atoms with van der Waals surface area (Å²) < 4.78 is 6.98. The highest BCUT2D eigenvalue weighted by Crippen LogP contribution is 2.41. The molecule has 2 saturated carbocycles. The summed E-state index contributed by atoms with van der Waals surface area (Å²) >= 11 is 0. The number of nitrogens with zero attached hydrogens (tertiary/aromatic N) is 1. The molecule has 1 aromatic heterocycles. The fourth-order valence-electron chi connectivity index (χ4n) is 8.58. The van der Waals surface area contributed by atoms with Gasteiger partial charge in [-0.15, -0.1) is 0 Å². The highest BCUT2D eigenvalue weighted by molar-refractivity contribution is 6.74. The van der Waals surface area contributed by atoms with Gasteiger partial charge in [0.15, 0.2) is 8.32 Å². The third-order valence-electron chi connectivity index (χ3n) is 13.1. The quantitative estimate of drug-likeness (QED) is 0.0646.